The number of pyridine rings is 1. The molecule has 39 heavy (non-hydrogen) atoms. The molecule has 0 spiro atoms. The van der Waals surface area contributed by atoms with Crippen molar-refractivity contribution in [3.8, 4) is 11.3 Å². The maximum atomic E-state index is 14.8. The van der Waals surface area contributed by atoms with E-state index in [0.717, 1.165) is 36.2 Å². The van der Waals surface area contributed by atoms with Crippen LogP contribution < -0.4 is 10.6 Å². The largest absolute Gasteiger partial charge is 0.465 e. The molecular weight excluding hydrogens is 511 g/mol. The predicted molar refractivity (Wildman–Crippen MR) is 138 cm³/mol. The van der Waals surface area contributed by atoms with Crippen LogP contribution in [-0.4, -0.2) is 38.3 Å². The fourth-order valence-corrected chi connectivity index (χ4v) is 5.35. The van der Waals surface area contributed by atoms with Gasteiger partial charge in [0.1, 0.15) is 23.0 Å². The third kappa shape index (κ3) is 5.38. The van der Waals surface area contributed by atoms with E-state index in [4.69, 9.17) is 0 Å². The summed E-state index contributed by atoms with van der Waals surface area (Å²) < 4.78 is 43.3. The van der Waals surface area contributed by atoms with Gasteiger partial charge in [0.25, 0.3) is 5.91 Å². The molecule has 0 unspecified atom stereocenters. The second-order valence-corrected chi connectivity index (χ2v) is 9.76. The SMILES string of the molecule is C[C@@H]1C[C@H](NC(=O)O)C[C@H](c2ccncc2NC(=O)c2ccc(F)c3cc(-c4c(F)cccc4F)nnc23)C1. The number of nitrogens with zero attached hydrogens (tertiary/aromatic N) is 3. The lowest BCUT2D eigenvalue weighted by molar-refractivity contribution is 0.102. The van der Waals surface area contributed by atoms with E-state index >= 15 is 0 Å². The molecule has 0 bridgehead atoms. The van der Waals surface area contributed by atoms with Crippen molar-refractivity contribution in [2.45, 2.75) is 38.1 Å². The summed E-state index contributed by atoms with van der Waals surface area (Å²) >= 11 is 0. The number of carboxylic acid groups (broad SMARTS) is 1. The molecule has 0 saturated heterocycles. The zero-order valence-corrected chi connectivity index (χ0v) is 20.8. The van der Waals surface area contributed by atoms with Gasteiger partial charge in [-0.05, 0) is 73.1 Å². The predicted octanol–water partition coefficient (Wildman–Crippen LogP) is 5.90. The highest BCUT2D eigenvalue weighted by molar-refractivity contribution is 6.12. The second kappa shape index (κ2) is 10.7. The van der Waals surface area contributed by atoms with E-state index in [1.807, 2.05) is 6.92 Å². The molecule has 2 aromatic carbocycles. The van der Waals surface area contributed by atoms with Crippen LogP contribution >= 0.6 is 0 Å². The first kappa shape index (κ1) is 26.1. The first-order valence-corrected chi connectivity index (χ1v) is 12.4. The Morgan fingerprint density at radius 2 is 1.74 bits per heavy atom. The second-order valence-electron chi connectivity index (χ2n) is 9.76. The number of rotatable bonds is 5. The van der Waals surface area contributed by atoms with Crippen molar-refractivity contribution in [1.82, 2.24) is 20.5 Å². The standard InChI is InChI=1S/C28H24F3N5O3/c1-14-9-15(11-16(10-14)33-28(38)39)17-7-8-32-13-24(17)34-27(37)18-5-6-20(29)19-12-23(35-36-26(18)19)25-21(30)3-2-4-22(25)31/h2-8,12-16,33H,9-11H2,1H3,(H,34,37)(H,38,39)/t14-,15+,16-/m0/s1. The summed E-state index contributed by atoms with van der Waals surface area (Å²) in [5.74, 6) is -2.86. The Kier molecular flexibility index (Phi) is 7.14. The lowest BCUT2D eigenvalue weighted by Crippen LogP contribution is -2.39. The summed E-state index contributed by atoms with van der Waals surface area (Å²) in [6, 6.07) is 8.38. The topological polar surface area (TPSA) is 117 Å². The van der Waals surface area contributed by atoms with Crippen LogP contribution in [0.5, 0.6) is 0 Å². The number of anilines is 1. The highest BCUT2D eigenvalue weighted by Gasteiger charge is 2.30. The van der Waals surface area contributed by atoms with Crippen molar-refractivity contribution in [2.75, 3.05) is 5.32 Å². The first-order valence-electron chi connectivity index (χ1n) is 12.4. The third-order valence-corrected chi connectivity index (χ3v) is 6.98. The van der Waals surface area contributed by atoms with Gasteiger partial charge < -0.3 is 15.7 Å². The molecular formula is C28H24F3N5O3. The zero-order chi connectivity index (χ0) is 27.7. The number of hydrogen-bond donors (Lipinski definition) is 3. The molecule has 1 aliphatic carbocycles. The summed E-state index contributed by atoms with van der Waals surface area (Å²) in [5.41, 5.74) is 0.522. The number of hydrogen-bond acceptors (Lipinski definition) is 5. The minimum Gasteiger partial charge on any atom is -0.465 e. The zero-order valence-electron chi connectivity index (χ0n) is 20.8. The molecule has 1 saturated carbocycles. The van der Waals surface area contributed by atoms with E-state index in [1.54, 1.807) is 12.3 Å². The number of amides is 2. The van der Waals surface area contributed by atoms with E-state index in [-0.39, 0.29) is 40.0 Å². The average Bonchev–Trinajstić information content (AvgIpc) is 2.88. The first-order chi connectivity index (χ1) is 18.7. The fourth-order valence-electron chi connectivity index (χ4n) is 5.35. The Bertz CT molecular complexity index is 1560. The number of halogens is 3. The monoisotopic (exact) mass is 535 g/mol. The molecule has 0 radical (unpaired) electrons. The summed E-state index contributed by atoms with van der Waals surface area (Å²) in [7, 11) is 0. The normalized spacial score (nSPS) is 19.0. The molecule has 5 rings (SSSR count). The molecule has 0 aliphatic heterocycles. The maximum Gasteiger partial charge on any atom is 0.404 e. The molecule has 8 nitrogen and oxygen atoms in total. The quantitative estimate of drug-likeness (QED) is 0.293. The molecule has 4 aromatic rings. The van der Waals surface area contributed by atoms with Crippen LogP contribution in [0.2, 0.25) is 0 Å². The number of fused-ring (bicyclic) bond motifs is 1. The van der Waals surface area contributed by atoms with Crippen molar-refractivity contribution >= 4 is 28.6 Å². The molecule has 1 fully saturated rings. The minimum atomic E-state index is -1.08. The van der Waals surface area contributed by atoms with Gasteiger partial charge in [-0.3, -0.25) is 9.78 Å². The van der Waals surface area contributed by atoms with Crippen LogP contribution in [0.4, 0.5) is 23.7 Å². The van der Waals surface area contributed by atoms with E-state index in [2.05, 4.69) is 25.8 Å². The van der Waals surface area contributed by atoms with Crippen molar-refractivity contribution in [3.63, 3.8) is 0 Å². The molecule has 11 heteroatoms. The van der Waals surface area contributed by atoms with Gasteiger partial charge in [-0.1, -0.05) is 13.0 Å². The number of benzene rings is 2. The lowest BCUT2D eigenvalue weighted by atomic mass is 9.76. The maximum absolute atomic E-state index is 14.8. The Balaban J connectivity index is 1.46. The molecule has 3 atom stereocenters. The minimum absolute atomic E-state index is 0.0108. The van der Waals surface area contributed by atoms with E-state index < -0.39 is 35.0 Å². The van der Waals surface area contributed by atoms with Gasteiger partial charge in [-0.2, -0.15) is 0 Å². The highest BCUT2D eigenvalue weighted by Crippen LogP contribution is 2.39. The molecule has 3 N–H and O–H groups in total. The van der Waals surface area contributed by atoms with Crippen molar-refractivity contribution < 1.29 is 27.9 Å². The summed E-state index contributed by atoms with van der Waals surface area (Å²) in [6.45, 7) is 2.05. The van der Waals surface area contributed by atoms with Gasteiger partial charge in [0.15, 0.2) is 0 Å². The number of aromatic nitrogens is 3. The van der Waals surface area contributed by atoms with Crippen LogP contribution in [0, 0.1) is 23.4 Å². The molecule has 2 aromatic heterocycles. The Hall–Kier alpha value is -4.54. The third-order valence-electron chi connectivity index (χ3n) is 6.98. The molecule has 2 amide bonds. The van der Waals surface area contributed by atoms with Gasteiger partial charge >= 0.3 is 6.09 Å². The number of carbonyl (C=O) groups is 2. The van der Waals surface area contributed by atoms with Crippen LogP contribution in [0.1, 0.15) is 48.0 Å². The number of nitrogens with one attached hydrogen (secondary N) is 2. The molecule has 200 valence electrons. The van der Waals surface area contributed by atoms with Crippen molar-refractivity contribution in [3.05, 3.63) is 83.4 Å². The van der Waals surface area contributed by atoms with Crippen LogP contribution in [0.25, 0.3) is 22.2 Å². The molecule has 2 heterocycles. The Labute approximate surface area is 221 Å². The Morgan fingerprint density at radius 3 is 2.49 bits per heavy atom. The van der Waals surface area contributed by atoms with Crippen LogP contribution in [-0.2, 0) is 0 Å². The van der Waals surface area contributed by atoms with E-state index in [9.17, 15) is 27.9 Å². The van der Waals surface area contributed by atoms with Gasteiger partial charge in [0.05, 0.1) is 28.7 Å². The van der Waals surface area contributed by atoms with E-state index in [1.165, 1.54) is 18.3 Å². The van der Waals surface area contributed by atoms with Gasteiger partial charge in [0.2, 0.25) is 0 Å². The summed E-state index contributed by atoms with van der Waals surface area (Å²) in [5, 5.41) is 22.3. The van der Waals surface area contributed by atoms with Gasteiger partial charge in [-0.15, -0.1) is 10.2 Å². The fraction of sp³-hybridized carbons (Fsp3) is 0.250. The lowest BCUT2D eigenvalue weighted by Gasteiger charge is -2.34. The van der Waals surface area contributed by atoms with Crippen LogP contribution in [0.3, 0.4) is 0 Å². The smallest absolute Gasteiger partial charge is 0.404 e. The van der Waals surface area contributed by atoms with Crippen LogP contribution in [0.15, 0.2) is 54.9 Å². The van der Waals surface area contributed by atoms with Gasteiger partial charge in [0, 0.05) is 17.6 Å². The average molecular weight is 536 g/mol. The molecule has 1 aliphatic rings. The van der Waals surface area contributed by atoms with Crippen molar-refractivity contribution in [2.24, 2.45) is 5.92 Å². The Morgan fingerprint density at radius 1 is 0.974 bits per heavy atom. The van der Waals surface area contributed by atoms with Crippen molar-refractivity contribution in [1.29, 1.82) is 0 Å². The number of carbonyl (C=O) groups excluding carboxylic acids is 1. The summed E-state index contributed by atoms with van der Waals surface area (Å²) in [4.78, 5) is 28.7. The highest BCUT2D eigenvalue weighted by atomic mass is 19.1. The summed E-state index contributed by atoms with van der Waals surface area (Å²) in [6.07, 6.45) is 4.10. The van der Waals surface area contributed by atoms with Gasteiger partial charge in [-0.25, -0.2) is 18.0 Å². The van der Waals surface area contributed by atoms with E-state index in [0.29, 0.717) is 18.5 Å².